The van der Waals surface area contributed by atoms with E-state index in [-0.39, 0.29) is 0 Å². The molecule has 41 heavy (non-hydrogen) atoms. The summed E-state index contributed by atoms with van der Waals surface area (Å²) in [5.74, 6) is 1.28. The zero-order valence-corrected chi connectivity index (χ0v) is 23.0. The van der Waals surface area contributed by atoms with Crippen LogP contribution in [0.5, 0.6) is 11.5 Å². The molecule has 8 rings (SSSR count). The Bertz CT molecular complexity index is 2100. The van der Waals surface area contributed by atoms with E-state index in [2.05, 4.69) is 77.8 Å². The van der Waals surface area contributed by atoms with Crippen molar-refractivity contribution in [3.05, 3.63) is 146 Å². The number of ether oxygens (including phenoxy) is 1. The lowest BCUT2D eigenvalue weighted by Crippen LogP contribution is -2.30. The molecule has 0 fully saturated rings. The summed E-state index contributed by atoms with van der Waals surface area (Å²) in [7, 11) is -3.13. The van der Waals surface area contributed by atoms with Gasteiger partial charge in [-0.1, -0.05) is 97.1 Å². The van der Waals surface area contributed by atoms with Crippen LogP contribution in [-0.2, 0) is 4.57 Å². The summed E-state index contributed by atoms with van der Waals surface area (Å²) in [5.41, 5.74) is 4.48. The van der Waals surface area contributed by atoms with Crippen molar-refractivity contribution >= 4 is 44.6 Å². The molecule has 0 amide bonds. The Balaban J connectivity index is 1.42. The summed E-state index contributed by atoms with van der Waals surface area (Å²) in [6.07, 6.45) is 3.69. The van der Waals surface area contributed by atoms with Gasteiger partial charge in [-0.05, 0) is 80.2 Å². The topological polar surface area (TPSA) is 39.2 Å². The van der Waals surface area contributed by atoms with Gasteiger partial charge in [-0.25, -0.2) is 0 Å². The third kappa shape index (κ3) is 3.60. The van der Waals surface area contributed by atoms with E-state index < -0.39 is 7.14 Å². The van der Waals surface area contributed by atoms with Crippen molar-refractivity contribution in [1.82, 2.24) is 4.98 Å². The fourth-order valence-corrected chi connectivity index (χ4v) is 9.09. The Morgan fingerprint density at radius 1 is 0.488 bits per heavy atom. The minimum atomic E-state index is -3.13. The fourth-order valence-electron chi connectivity index (χ4n) is 6.25. The van der Waals surface area contributed by atoms with Gasteiger partial charge in [0.25, 0.3) is 0 Å². The van der Waals surface area contributed by atoms with Gasteiger partial charge in [-0.3, -0.25) is 4.98 Å². The number of hydrogen-bond acceptors (Lipinski definition) is 3. The zero-order valence-electron chi connectivity index (χ0n) is 22.1. The predicted octanol–water partition coefficient (Wildman–Crippen LogP) is 8.47. The number of pyridine rings is 1. The first kappa shape index (κ1) is 23.9. The minimum absolute atomic E-state index is 0.639. The summed E-state index contributed by atoms with van der Waals surface area (Å²) in [5, 5.41) is 6.93. The maximum absolute atomic E-state index is 15.1. The number of fused-ring (bicyclic) bond motifs is 4. The first-order valence-corrected chi connectivity index (χ1v) is 15.4. The maximum Gasteiger partial charge on any atom is 0.178 e. The van der Waals surface area contributed by atoms with E-state index in [1.54, 1.807) is 0 Å². The lowest BCUT2D eigenvalue weighted by atomic mass is 9.86. The average Bonchev–Trinajstić information content (AvgIpc) is 3.04. The normalized spacial score (nSPS) is 15.7. The minimum Gasteiger partial charge on any atom is -0.456 e. The molecular weight excluding hydrogens is 521 g/mol. The Kier molecular flexibility index (Phi) is 5.41. The number of benzene rings is 6. The van der Waals surface area contributed by atoms with E-state index >= 15 is 4.57 Å². The third-order valence-corrected chi connectivity index (χ3v) is 11.2. The monoisotopic (exact) mass is 545 g/mol. The molecule has 4 heteroatoms. The lowest BCUT2D eigenvalue weighted by Gasteiger charge is -2.29. The Hall–Kier alpha value is -4.98. The van der Waals surface area contributed by atoms with Gasteiger partial charge >= 0.3 is 0 Å². The van der Waals surface area contributed by atoms with Crippen molar-refractivity contribution in [2.24, 2.45) is 0 Å². The van der Waals surface area contributed by atoms with E-state index in [9.17, 15) is 0 Å². The van der Waals surface area contributed by atoms with Crippen molar-refractivity contribution in [2.45, 2.75) is 0 Å². The Morgan fingerprint density at radius 2 is 1.02 bits per heavy atom. The highest BCUT2D eigenvalue weighted by molar-refractivity contribution is 7.85. The van der Waals surface area contributed by atoms with E-state index in [0.29, 0.717) is 11.5 Å². The molecule has 194 valence electrons. The molecule has 0 spiro atoms. The molecule has 3 nitrogen and oxygen atoms in total. The van der Waals surface area contributed by atoms with Gasteiger partial charge in [-0.2, -0.15) is 0 Å². The second-order valence-electron chi connectivity index (χ2n) is 10.3. The summed E-state index contributed by atoms with van der Waals surface area (Å²) in [6.45, 7) is 0. The van der Waals surface area contributed by atoms with Crippen LogP contribution in [0.4, 0.5) is 0 Å². The number of hydrogen-bond donors (Lipinski definition) is 0. The van der Waals surface area contributed by atoms with Crippen LogP contribution >= 0.6 is 7.14 Å². The molecule has 0 aliphatic carbocycles. The van der Waals surface area contributed by atoms with Crippen LogP contribution in [0.2, 0.25) is 0 Å². The van der Waals surface area contributed by atoms with Crippen LogP contribution in [0.3, 0.4) is 0 Å². The number of nitrogens with zero attached hydrogens (tertiary/aromatic N) is 1. The van der Waals surface area contributed by atoms with Crippen molar-refractivity contribution in [3.8, 4) is 33.8 Å². The SMILES string of the molecule is O=P1(c2ccccc2)c2ccccc2Oc2cc(-c3c4ccccc4c(-c4ccncc4)c4ccccc34)ccc21. The maximum atomic E-state index is 15.1. The van der Waals surface area contributed by atoms with E-state index in [1.807, 2.05) is 73.1 Å². The molecule has 1 aromatic heterocycles. The molecule has 1 unspecified atom stereocenters. The largest absolute Gasteiger partial charge is 0.456 e. The standard InChI is InChI=1S/C37H24NO2P/c39-41(27-10-2-1-3-11-27)34-17-9-8-16-32(34)40-33-24-26(18-19-35(33)41)37-30-14-6-4-12-28(30)36(25-20-22-38-23-21-25)29-13-5-7-15-31(29)37/h1-24H. The van der Waals surface area contributed by atoms with Crippen LogP contribution in [0.15, 0.2) is 146 Å². The van der Waals surface area contributed by atoms with Crippen molar-refractivity contribution in [1.29, 1.82) is 0 Å². The molecule has 6 aromatic carbocycles. The fraction of sp³-hybridized carbons (Fsp3) is 0. The molecule has 0 N–H and O–H groups in total. The van der Waals surface area contributed by atoms with Gasteiger partial charge in [0, 0.05) is 17.7 Å². The van der Waals surface area contributed by atoms with Gasteiger partial charge < -0.3 is 9.30 Å². The first-order chi connectivity index (χ1) is 20.2. The zero-order chi connectivity index (χ0) is 27.4. The van der Waals surface area contributed by atoms with Crippen LogP contribution in [0.25, 0.3) is 43.8 Å². The summed E-state index contributed by atoms with van der Waals surface area (Å²) in [4.78, 5) is 4.25. The lowest BCUT2D eigenvalue weighted by molar-refractivity contribution is 0.485. The molecule has 1 atom stereocenters. The molecule has 1 aliphatic heterocycles. The second kappa shape index (κ2) is 9.30. The van der Waals surface area contributed by atoms with Gasteiger partial charge in [0.05, 0.1) is 10.6 Å². The van der Waals surface area contributed by atoms with Crippen LogP contribution < -0.4 is 20.7 Å². The molecule has 7 aromatic rings. The average molecular weight is 546 g/mol. The van der Waals surface area contributed by atoms with E-state index in [4.69, 9.17) is 4.74 Å². The summed E-state index contributed by atoms with van der Waals surface area (Å²) < 4.78 is 21.6. The molecule has 0 saturated heterocycles. The van der Waals surface area contributed by atoms with Gasteiger partial charge in [0.15, 0.2) is 7.14 Å². The first-order valence-electron chi connectivity index (χ1n) is 13.7. The Morgan fingerprint density at radius 3 is 1.68 bits per heavy atom. The van der Waals surface area contributed by atoms with Crippen molar-refractivity contribution < 1.29 is 9.30 Å². The van der Waals surface area contributed by atoms with Gasteiger partial charge in [0.1, 0.15) is 11.5 Å². The third-order valence-electron chi connectivity index (χ3n) is 8.03. The number of rotatable bonds is 3. The van der Waals surface area contributed by atoms with Crippen LogP contribution in [-0.4, -0.2) is 4.98 Å². The molecule has 0 saturated carbocycles. The van der Waals surface area contributed by atoms with E-state index in [0.717, 1.165) is 43.4 Å². The van der Waals surface area contributed by atoms with Crippen LogP contribution in [0.1, 0.15) is 0 Å². The molecule has 0 radical (unpaired) electrons. The predicted molar refractivity (Wildman–Crippen MR) is 170 cm³/mol. The highest BCUT2D eigenvalue weighted by atomic mass is 31.2. The number of para-hydroxylation sites is 1. The molecule has 1 aliphatic rings. The molecular formula is C37H24NO2P. The van der Waals surface area contributed by atoms with Crippen LogP contribution in [0, 0.1) is 0 Å². The van der Waals surface area contributed by atoms with Crippen molar-refractivity contribution in [3.63, 3.8) is 0 Å². The van der Waals surface area contributed by atoms with Gasteiger partial charge in [-0.15, -0.1) is 0 Å². The molecule has 0 bridgehead atoms. The summed E-state index contributed by atoms with van der Waals surface area (Å²) >= 11 is 0. The van der Waals surface area contributed by atoms with E-state index in [1.165, 1.54) is 16.3 Å². The Labute approximate surface area is 238 Å². The second-order valence-corrected chi connectivity index (χ2v) is 13.0. The van der Waals surface area contributed by atoms with Gasteiger partial charge in [0.2, 0.25) is 0 Å². The number of aromatic nitrogens is 1. The summed E-state index contributed by atoms with van der Waals surface area (Å²) in [6, 6.07) is 44.9. The highest BCUT2D eigenvalue weighted by Gasteiger charge is 2.39. The molecule has 2 heterocycles. The highest BCUT2D eigenvalue weighted by Crippen LogP contribution is 2.52. The quantitative estimate of drug-likeness (QED) is 0.165. The van der Waals surface area contributed by atoms with Crippen molar-refractivity contribution in [2.75, 3.05) is 0 Å². The smallest absolute Gasteiger partial charge is 0.178 e.